The Balaban J connectivity index is 2.40. The predicted octanol–water partition coefficient (Wildman–Crippen LogP) is 0.553. The van der Waals surface area contributed by atoms with Crippen molar-refractivity contribution in [2.24, 2.45) is 0 Å². The van der Waals surface area contributed by atoms with Crippen molar-refractivity contribution in [1.29, 1.82) is 0 Å². The summed E-state index contributed by atoms with van der Waals surface area (Å²) < 4.78 is 39.1. The monoisotopic (exact) mass is 274 g/mol. The highest BCUT2D eigenvalue weighted by atomic mass is 32.2. The molecular weight excluding hydrogens is 259 g/mol. The molecule has 0 bridgehead atoms. The number of sulfonamides is 1. The molecule has 1 heterocycles. The molecule has 0 aliphatic carbocycles. The zero-order valence-corrected chi connectivity index (χ0v) is 10.7. The average molecular weight is 274 g/mol. The van der Waals surface area contributed by atoms with E-state index in [-0.39, 0.29) is 18.8 Å². The van der Waals surface area contributed by atoms with E-state index in [2.05, 4.69) is 0 Å². The first-order valence-corrected chi connectivity index (χ1v) is 6.94. The van der Waals surface area contributed by atoms with Gasteiger partial charge in [-0.05, 0) is 31.5 Å². The molecule has 1 aliphatic heterocycles. The maximum atomic E-state index is 13.6. The van der Waals surface area contributed by atoms with E-state index in [1.807, 2.05) is 0 Å². The van der Waals surface area contributed by atoms with Crippen LogP contribution in [-0.2, 0) is 10.0 Å². The number of hydrogen-bond acceptors (Lipinski definition) is 4. The minimum absolute atomic E-state index is 0.0381. The molecule has 1 aromatic rings. The Bertz CT molecular complexity index is 572. The highest BCUT2D eigenvalue weighted by Gasteiger charge is 2.39. The summed E-state index contributed by atoms with van der Waals surface area (Å²) in [6, 6.07) is 3.42. The number of anilines is 1. The fraction of sp³-hybridized carbons (Fsp3) is 0.455. The predicted molar refractivity (Wildman–Crippen MR) is 64.8 cm³/mol. The summed E-state index contributed by atoms with van der Waals surface area (Å²) in [6.07, 6.45) is 0.330. The Hall–Kier alpha value is -1.18. The zero-order valence-electron chi connectivity index (χ0n) is 9.93. The molecule has 1 aromatic carbocycles. The second kappa shape index (κ2) is 4.18. The van der Waals surface area contributed by atoms with E-state index < -0.39 is 26.3 Å². The Morgan fingerprint density at radius 2 is 2.17 bits per heavy atom. The van der Waals surface area contributed by atoms with Crippen molar-refractivity contribution in [3.8, 4) is 0 Å². The van der Waals surface area contributed by atoms with Crippen molar-refractivity contribution in [2.45, 2.75) is 23.8 Å². The van der Waals surface area contributed by atoms with Crippen molar-refractivity contribution >= 4 is 15.7 Å². The van der Waals surface area contributed by atoms with Crippen LogP contribution in [0.5, 0.6) is 0 Å². The lowest BCUT2D eigenvalue weighted by atomic mass is 10.1. The third-order valence-corrected chi connectivity index (χ3v) is 4.85. The molecular formula is C11H15FN2O3S. The van der Waals surface area contributed by atoms with Crippen molar-refractivity contribution in [3.05, 3.63) is 24.0 Å². The molecule has 1 saturated heterocycles. The number of nitrogens with two attached hydrogens (primary N) is 1. The topological polar surface area (TPSA) is 83.6 Å². The molecule has 2 rings (SSSR count). The van der Waals surface area contributed by atoms with E-state index in [1.165, 1.54) is 6.07 Å². The molecule has 1 fully saturated rings. The van der Waals surface area contributed by atoms with Gasteiger partial charge in [0.15, 0.2) is 0 Å². The van der Waals surface area contributed by atoms with Gasteiger partial charge < -0.3 is 10.8 Å². The lowest BCUT2D eigenvalue weighted by Gasteiger charge is -2.19. The second-order valence-corrected chi connectivity index (χ2v) is 6.68. The number of aliphatic hydroxyl groups is 1. The minimum Gasteiger partial charge on any atom is -0.399 e. The molecule has 0 amide bonds. The van der Waals surface area contributed by atoms with Gasteiger partial charge in [-0.2, -0.15) is 4.31 Å². The number of nitrogens with zero attached hydrogens (tertiary/aromatic N) is 1. The van der Waals surface area contributed by atoms with E-state index in [4.69, 9.17) is 5.73 Å². The molecule has 1 atom stereocenters. The van der Waals surface area contributed by atoms with Gasteiger partial charge >= 0.3 is 0 Å². The maximum absolute atomic E-state index is 13.6. The molecule has 0 aromatic heterocycles. The van der Waals surface area contributed by atoms with Gasteiger partial charge in [-0.25, -0.2) is 12.8 Å². The smallest absolute Gasteiger partial charge is 0.246 e. The van der Waals surface area contributed by atoms with Crippen LogP contribution in [0.1, 0.15) is 13.3 Å². The molecule has 18 heavy (non-hydrogen) atoms. The first-order valence-electron chi connectivity index (χ1n) is 5.50. The standard InChI is InChI=1S/C11H15FN2O3S/c1-11(15)4-5-14(7-11)18(16,17)10-6-8(13)2-3-9(10)12/h2-3,6,15H,4-5,7,13H2,1H3. The molecule has 100 valence electrons. The quantitative estimate of drug-likeness (QED) is 0.772. The average Bonchev–Trinajstić information content (AvgIpc) is 2.63. The van der Waals surface area contributed by atoms with Gasteiger partial charge in [0.25, 0.3) is 0 Å². The first kappa shape index (κ1) is 13.3. The third kappa shape index (κ3) is 2.33. The molecule has 1 unspecified atom stereocenters. The van der Waals surface area contributed by atoms with Crippen molar-refractivity contribution in [3.63, 3.8) is 0 Å². The van der Waals surface area contributed by atoms with Crippen molar-refractivity contribution in [2.75, 3.05) is 18.8 Å². The van der Waals surface area contributed by atoms with Gasteiger partial charge in [0.2, 0.25) is 10.0 Å². The summed E-state index contributed by atoms with van der Waals surface area (Å²) in [5.41, 5.74) is 4.59. The normalized spacial score (nSPS) is 25.5. The van der Waals surface area contributed by atoms with Crippen LogP contribution in [0.15, 0.2) is 23.1 Å². The number of benzene rings is 1. The lowest BCUT2D eigenvalue weighted by molar-refractivity contribution is 0.0762. The van der Waals surface area contributed by atoms with Crippen LogP contribution >= 0.6 is 0 Å². The molecule has 0 radical (unpaired) electrons. The van der Waals surface area contributed by atoms with Crippen LogP contribution in [0, 0.1) is 5.82 Å². The van der Waals surface area contributed by atoms with Crippen LogP contribution in [0.25, 0.3) is 0 Å². The van der Waals surface area contributed by atoms with Gasteiger partial charge in [0.05, 0.1) is 5.60 Å². The van der Waals surface area contributed by atoms with Crippen LogP contribution in [-0.4, -0.2) is 36.5 Å². The van der Waals surface area contributed by atoms with Crippen molar-refractivity contribution in [1.82, 2.24) is 4.31 Å². The molecule has 5 nitrogen and oxygen atoms in total. The Morgan fingerprint density at radius 3 is 2.72 bits per heavy atom. The van der Waals surface area contributed by atoms with Gasteiger partial charge in [0.1, 0.15) is 10.7 Å². The molecule has 0 spiro atoms. The minimum atomic E-state index is -3.94. The van der Waals surface area contributed by atoms with Gasteiger partial charge in [-0.15, -0.1) is 0 Å². The van der Waals surface area contributed by atoms with E-state index >= 15 is 0 Å². The third-order valence-electron chi connectivity index (χ3n) is 2.99. The zero-order chi connectivity index (χ0) is 13.6. The second-order valence-electron chi connectivity index (χ2n) is 4.78. The Labute approximate surface area is 105 Å². The van der Waals surface area contributed by atoms with Crippen LogP contribution in [0.2, 0.25) is 0 Å². The summed E-state index contributed by atoms with van der Waals surface area (Å²) in [6.45, 7) is 1.69. The van der Waals surface area contributed by atoms with Crippen LogP contribution < -0.4 is 5.73 Å². The summed E-state index contributed by atoms with van der Waals surface area (Å²) in [5.74, 6) is -0.837. The van der Waals surface area contributed by atoms with Gasteiger partial charge in [-0.1, -0.05) is 0 Å². The molecule has 0 saturated carbocycles. The van der Waals surface area contributed by atoms with E-state index in [1.54, 1.807) is 6.92 Å². The highest BCUT2D eigenvalue weighted by molar-refractivity contribution is 7.89. The van der Waals surface area contributed by atoms with E-state index in [0.29, 0.717) is 6.42 Å². The molecule has 7 heteroatoms. The van der Waals surface area contributed by atoms with Crippen LogP contribution in [0.3, 0.4) is 0 Å². The molecule has 1 aliphatic rings. The first-order chi connectivity index (χ1) is 8.22. The summed E-state index contributed by atoms with van der Waals surface area (Å²) in [4.78, 5) is -0.444. The fourth-order valence-corrected chi connectivity index (χ4v) is 3.62. The summed E-state index contributed by atoms with van der Waals surface area (Å²) in [5, 5.41) is 9.77. The number of halogens is 1. The number of rotatable bonds is 2. The molecule has 3 N–H and O–H groups in total. The highest BCUT2D eigenvalue weighted by Crippen LogP contribution is 2.28. The van der Waals surface area contributed by atoms with Crippen LogP contribution in [0.4, 0.5) is 10.1 Å². The lowest BCUT2D eigenvalue weighted by Crippen LogP contribution is -2.34. The number of hydrogen-bond donors (Lipinski definition) is 2. The maximum Gasteiger partial charge on any atom is 0.246 e. The van der Waals surface area contributed by atoms with Gasteiger partial charge in [-0.3, -0.25) is 0 Å². The Kier molecular flexibility index (Phi) is 3.08. The largest absolute Gasteiger partial charge is 0.399 e. The summed E-state index contributed by atoms with van der Waals surface area (Å²) >= 11 is 0. The SMILES string of the molecule is CC1(O)CCN(S(=O)(=O)c2cc(N)ccc2F)C1. The summed E-state index contributed by atoms with van der Waals surface area (Å²) in [7, 11) is -3.94. The van der Waals surface area contributed by atoms with E-state index in [0.717, 1.165) is 16.4 Å². The van der Waals surface area contributed by atoms with Crippen molar-refractivity contribution < 1.29 is 17.9 Å². The van der Waals surface area contributed by atoms with Gasteiger partial charge in [0, 0.05) is 18.8 Å². The Morgan fingerprint density at radius 1 is 1.50 bits per heavy atom. The number of β-amino-alcohol motifs (C(OH)–C–C–N with tert-alkyl or cyclic N) is 1. The number of nitrogen functional groups attached to an aromatic ring is 1. The van der Waals surface area contributed by atoms with E-state index in [9.17, 15) is 17.9 Å². The fourth-order valence-electron chi connectivity index (χ4n) is 1.97.